The summed E-state index contributed by atoms with van der Waals surface area (Å²) in [6.45, 7) is 21.7. The molecule has 253 valence electrons. The Morgan fingerprint density at radius 1 is 0.480 bits per heavy atom. The number of aromatic nitrogens is 3. The van der Waals surface area contributed by atoms with Crippen LogP contribution in [0, 0.1) is 67.2 Å². The minimum atomic E-state index is 0. The van der Waals surface area contributed by atoms with E-state index >= 15 is 0 Å². The van der Waals surface area contributed by atoms with Crippen LogP contribution in [0.3, 0.4) is 0 Å². The largest absolute Gasteiger partial charge is 4.00 e. The molecule has 8 heteroatoms. The molecule has 7 nitrogen and oxygen atoms in total. The van der Waals surface area contributed by atoms with Crippen LogP contribution in [0.5, 0.6) is 0 Å². The zero-order chi connectivity index (χ0) is 35.4. The molecule has 6 aromatic rings. The van der Waals surface area contributed by atoms with Crippen molar-refractivity contribution in [1.29, 1.82) is 0 Å². The molecular formula is C42H45N6OV+. The fraction of sp³-hybridized carbons (Fsp3) is 0.286. The first-order valence-corrected chi connectivity index (χ1v) is 16.7. The molecule has 0 aliphatic carbocycles. The first-order valence-electron chi connectivity index (χ1n) is 16.7. The van der Waals surface area contributed by atoms with E-state index in [-0.39, 0.29) is 18.6 Å². The van der Waals surface area contributed by atoms with E-state index in [1.807, 2.05) is 0 Å². The van der Waals surface area contributed by atoms with Crippen molar-refractivity contribution in [3.63, 3.8) is 0 Å². The maximum Gasteiger partial charge on any atom is 4.00 e. The van der Waals surface area contributed by atoms with E-state index in [1.165, 1.54) is 71.7 Å². The zero-order valence-corrected chi connectivity index (χ0v) is 32.0. The molecule has 1 radical (unpaired) electrons. The summed E-state index contributed by atoms with van der Waals surface area (Å²) in [4.78, 5) is 27.2. The minimum absolute atomic E-state index is 0. The van der Waals surface area contributed by atoms with Gasteiger partial charge in [-0.05, 0) is 112 Å². The van der Waals surface area contributed by atoms with Gasteiger partial charge in [-0.3, -0.25) is 10.4 Å². The van der Waals surface area contributed by atoms with E-state index in [0.717, 1.165) is 34.2 Å². The Hall–Kier alpha value is -4.65. The topological polar surface area (TPSA) is 99.0 Å². The quantitative estimate of drug-likeness (QED) is 0.111. The maximum atomic E-state index is 8.11. The van der Waals surface area contributed by atoms with E-state index < -0.39 is 0 Å². The Kier molecular flexibility index (Phi) is 12.5. The standard InChI is InChI=1S/C42H45N4.N2O.V/c1-25-16-28(4)40(29(5)17-25)37-13-10-34(43-37)22-46(23-35-11-14-38(44-35)41-30(6)18-26(2)19-31(41)7)24-36-12-15-39(45-36)42-32(8)20-27(3)21-33(42)9;1-2-3;/h10-21H,22-24H2,1-9H3;;/q-3;;+4. The summed E-state index contributed by atoms with van der Waals surface area (Å²) >= 11 is 0. The van der Waals surface area contributed by atoms with E-state index in [0.29, 0.717) is 19.6 Å². The second-order valence-corrected chi connectivity index (χ2v) is 13.5. The van der Waals surface area contributed by atoms with Gasteiger partial charge in [0.1, 0.15) is 4.97 Å². The normalized spacial score (nSPS) is 10.8. The van der Waals surface area contributed by atoms with Crippen LogP contribution >= 0.6 is 0 Å². The Labute approximate surface area is 308 Å². The summed E-state index contributed by atoms with van der Waals surface area (Å²) in [5.41, 5.74) is 28.1. The van der Waals surface area contributed by atoms with E-state index in [4.69, 9.17) is 25.4 Å². The fourth-order valence-corrected chi connectivity index (χ4v) is 7.50. The molecular weight excluding hydrogens is 655 g/mol. The number of hydrogen-bond donors (Lipinski definition) is 0. The summed E-state index contributed by atoms with van der Waals surface area (Å²) in [6, 6.07) is 26.5. The van der Waals surface area contributed by atoms with Crippen molar-refractivity contribution in [1.82, 2.24) is 24.8 Å². The minimum Gasteiger partial charge on any atom is -0.660 e. The van der Waals surface area contributed by atoms with Gasteiger partial charge in [-0.2, -0.15) is 0 Å². The van der Waals surface area contributed by atoms with Crippen LogP contribution in [-0.2, 0) is 38.2 Å². The van der Waals surface area contributed by atoms with Gasteiger partial charge in [0.2, 0.25) is 0 Å². The van der Waals surface area contributed by atoms with Crippen molar-refractivity contribution >= 4 is 0 Å². The molecule has 0 fully saturated rings. The van der Waals surface area contributed by atoms with Gasteiger partial charge in [-0.25, -0.2) is 0 Å². The molecule has 3 aromatic carbocycles. The molecule has 3 heterocycles. The van der Waals surface area contributed by atoms with Gasteiger partial charge >= 0.3 is 18.6 Å². The van der Waals surface area contributed by atoms with Crippen LogP contribution in [-0.4, -0.2) is 4.90 Å². The number of nitrogens with zero attached hydrogens (tertiary/aromatic N) is 6. The van der Waals surface area contributed by atoms with Crippen LogP contribution in [0.25, 0.3) is 39.3 Å². The maximum absolute atomic E-state index is 8.11. The molecule has 0 aliphatic rings. The summed E-state index contributed by atoms with van der Waals surface area (Å²) in [7, 11) is 0. The van der Waals surface area contributed by atoms with E-state index in [2.05, 4.69) is 140 Å². The molecule has 0 saturated carbocycles. The molecule has 0 amide bonds. The smallest absolute Gasteiger partial charge is 0.660 e. The first-order chi connectivity index (χ1) is 23.4. The predicted molar refractivity (Wildman–Crippen MR) is 200 cm³/mol. The third kappa shape index (κ3) is 8.74. The Morgan fingerprint density at radius 2 is 0.700 bits per heavy atom. The number of nitroso groups, excluding NO2 is 1. The molecule has 0 N–H and O–H groups in total. The van der Waals surface area contributed by atoms with Gasteiger partial charge < -0.3 is 15.0 Å². The summed E-state index contributed by atoms with van der Waals surface area (Å²) in [5.74, 6) is 0. The van der Waals surface area contributed by atoms with Gasteiger partial charge in [-0.1, -0.05) is 89.5 Å². The van der Waals surface area contributed by atoms with Crippen molar-refractivity contribution < 1.29 is 18.6 Å². The van der Waals surface area contributed by atoms with Crippen molar-refractivity contribution in [2.75, 3.05) is 0 Å². The van der Waals surface area contributed by atoms with Gasteiger partial charge in [0.25, 0.3) is 0 Å². The molecule has 3 aromatic heterocycles. The third-order valence-corrected chi connectivity index (χ3v) is 9.05. The van der Waals surface area contributed by atoms with Gasteiger partial charge in [-0.15, -0.1) is 34.2 Å². The molecule has 0 spiro atoms. The molecule has 50 heavy (non-hydrogen) atoms. The van der Waals surface area contributed by atoms with Crippen LogP contribution in [0.1, 0.15) is 67.2 Å². The van der Waals surface area contributed by atoms with Crippen LogP contribution < -0.4 is 19.9 Å². The van der Waals surface area contributed by atoms with Gasteiger partial charge in [0.15, 0.2) is 4.91 Å². The number of hydrogen-bond acceptors (Lipinski definition) is 2. The molecule has 0 bridgehead atoms. The van der Waals surface area contributed by atoms with Crippen molar-refractivity contribution in [3.8, 4) is 33.8 Å². The molecule has 6 rings (SSSR count). The Morgan fingerprint density at radius 3 is 0.920 bits per heavy atom. The summed E-state index contributed by atoms with van der Waals surface area (Å²) in [5, 5.41) is 0. The van der Waals surface area contributed by atoms with Crippen LogP contribution in [0.2, 0.25) is 0 Å². The summed E-state index contributed by atoms with van der Waals surface area (Å²) in [6.07, 6.45) is 0. The number of aryl methyl sites for hydroxylation is 9. The number of rotatable bonds is 9. The predicted octanol–water partition coefficient (Wildman–Crippen LogP) is 9.38. The molecule has 0 atom stereocenters. The molecule has 0 aliphatic heterocycles. The Bertz CT molecular complexity index is 1840. The van der Waals surface area contributed by atoms with Crippen molar-refractivity contribution in [2.24, 2.45) is 0 Å². The Balaban J connectivity index is 0.00000136. The second-order valence-electron chi connectivity index (χ2n) is 13.5. The fourth-order valence-electron chi connectivity index (χ4n) is 7.50. The van der Waals surface area contributed by atoms with Crippen molar-refractivity contribution in [2.45, 2.75) is 81.9 Å². The van der Waals surface area contributed by atoms with Crippen molar-refractivity contribution in [3.05, 3.63) is 150 Å². The van der Waals surface area contributed by atoms with E-state index in [9.17, 15) is 0 Å². The first kappa shape index (κ1) is 38.2. The second kappa shape index (κ2) is 16.4. The average Bonchev–Trinajstić information content (AvgIpc) is 3.75. The average molecular weight is 701 g/mol. The van der Waals surface area contributed by atoms with Gasteiger partial charge in [0.05, 0.1) is 0 Å². The zero-order valence-electron chi connectivity index (χ0n) is 30.6. The molecule has 0 saturated heterocycles. The summed E-state index contributed by atoms with van der Waals surface area (Å²) < 4.78 is 0. The monoisotopic (exact) mass is 700 g/mol. The number of benzene rings is 3. The van der Waals surface area contributed by atoms with Gasteiger partial charge in [0, 0.05) is 19.6 Å². The van der Waals surface area contributed by atoms with Crippen LogP contribution in [0.15, 0.2) is 72.8 Å². The third-order valence-electron chi connectivity index (χ3n) is 9.05. The van der Waals surface area contributed by atoms with Crippen LogP contribution in [0.4, 0.5) is 0 Å². The van der Waals surface area contributed by atoms with E-state index in [1.54, 1.807) is 0 Å². The molecule has 0 unspecified atom stereocenters. The SMILES string of the molecule is Cc1cc(C)c(-c2ccc(CN(Cc3ccc(-c4c(C)cc(C)cc4C)[n-]3)Cc3ccc(-c4c(C)cc(C)cc4C)[n-]3)[n-]2)c(C)c1.[N-]=[N+]=O.[V+4].